The zero-order valence-electron chi connectivity index (χ0n) is 9.91. The Morgan fingerprint density at radius 2 is 2.33 bits per heavy atom. The number of likely N-dealkylation sites (tertiary alicyclic amines) is 1. The Kier molecular flexibility index (Phi) is 4.58. The Morgan fingerprint density at radius 1 is 1.50 bits per heavy atom. The van der Waals surface area contributed by atoms with E-state index in [1.807, 2.05) is 5.38 Å². The molecule has 0 amide bonds. The van der Waals surface area contributed by atoms with Crippen molar-refractivity contribution in [2.45, 2.75) is 19.1 Å². The van der Waals surface area contributed by atoms with E-state index in [9.17, 15) is 13.2 Å². The van der Waals surface area contributed by atoms with Crippen LogP contribution in [-0.2, 0) is 6.54 Å². The van der Waals surface area contributed by atoms with Gasteiger partial charge in [0.15, 0.2) is 0 Å². The predicted octanol–water partition coefficient (Wildman–Crippen LogP) is 2.12. The zero-order chi connectivity index (χ0) is 13.0. The lowest BCUT2D eigenvalue weighted by Crippen LogP contribution is -2.33. The summed E-state index contributed by atoms with van der Waals surface area (Å²) in [6.45, 7) is 1.74. The molecule has 0 radical (unpaired) electrons. The van der Waals surface area contributed by atoms with E-state index < -0.39 is 12.7 Å². The predicted molar refractivity (Wildman–Crippen MR) is 64.4 cm³/mol. The number of nitrogens with zero attached hydrogens (tertiary/aromatic N) is 2. The molecule has 1 aromatic heterocycles. The van der Waals surface area contributed by atoms with E-state index in [2.05, 4.69) is 10.3 Å². The SMILES string of the molecule is FC(F)(F)CN1CCC(CNCc2cscn2)C1. The summed E-state index contributed by atoms with van der Waals surface area (Å²) in [5.74, 6) is 0.311. The first-order valence-corrected chi connectivity index (χ1v) is 6.84. The summed E-state index contributed by atoms with van der Waals surface area (Å²) in [7, 11) is 0. The maximum absolute atomic E-state index is 12.2. The molecule has 0 bridgehead atoms. The maximum atomic E-state index is 12.2. The van der Waals surface area contributed by atoms with E-state index in [4.69, 9.17) is 0 Å². The first-order valence-electron chi connectivity index (χ1n) is 5.90. The quantitative estimate of drug-likeness (QED) is 0.895. The molecule has 1 unspecified atom stereocenters. The molecule has 1 saturated heterocycles. The van der Waals surface area contributed by atoms with E-state index in [1.54, 1.807) is 16.8 Å². The van der Waals surface area contributed by atoms with Crippen LogP contribution in [0.2, 0.25) is 0 Å². The van der Waals surface area contributed by atoms with Crippen LogP contribution < -0.4 is 5.32 Å². The Hall–Kier alpha value is -0.660. The molecule has 7 heteroatoms. The second-order valence-corrected chi connectivity index (χ2v) is 5.33. The third kappa shape index (κ3) is 4.55. The lowest BCUT2D eigenvalue weighted by Gasteiger charge is -2.17. The number of aromatic nitrogens is 1. The van der Waals surface area contributed by atoms with Crippen molar-refractivity contribution in [1.29, 1.82) is 0 Å². The molecule has 0 aromatic carbocycles. The van der Waals surface area contributed by atoms with E-state index in [-0.39, 0.29) is 0 Å². The normalized spacial score (nSPS) is 21.6. The smallest absolute Gasteiger partial charge is 0.311 e. The summed E-state index contributed by atoms with van der Waals surface area (Å²) in [5.41, 5.74) is 2.77. The highest BCUT2D eigenvalue weighted by atomic mass is 32.1. The standard InChI is InChI=1S/C11H16F3N3S/c12-11(13,14)7-17-2-1-9(5-17)3-15-4-10-6-18-8-16-10/h6,8-9,15H,1-5,7H2. The van der Waals surface area contributed by atoms with Crippen molar-refractivity contribution < 1.29 is 13.2 Å². The molecular weight excluding hydrogens is 263 g/mol. The molecule has 3 nitrogen and oxygen atoms in total. The average Bonchev–Trinajstić information content (AvgIpc) is 2.88. The number of nitrogens with one attached hydrogen (secondary N) is 1. The molecule has 1 atom stereocenters. The molecule has 1 aliphatic heterocycles. The molecule has 0 saturated carbocycles. The van der Waals surface area contributed by atoms with E-state index in [1.165, 1.54) is 4.90 Å². The number of alkyl halides is 3. The van der Waals surface area contributed by atoms with Crippen molar-refractivity contribution in [1.82, 2.24) is 15.2 Å². The topological polar surface area (TPSA) is 28.2 Å². The summed E-state index contributed by atoms with van der Waals surface area (Å²) in [4.78, 5) is 5.62. The van der Waals surface area contributed by atoms with Crippen molar-refractivity contribution in [2.24, 2.45) is 5.92 Å². The van der Waals surface area contributed by atoms with Gasteiger partial charge in [-0.2, -0.15) is 13.2 Å². The number of thiazole rings is 1. The second kappa shape index (κ2) is 5.99. The van der Waals surface area contributed by atoms with Crippen LogP contribution in [0.3, 0.4) is 0 Å². The zero-order valence-corrected chi connectivity index (χ0v) is 10.7. The summed E-state index contributed by atoms with van der Waals surface area (Å²) in [5, 5.41) is 5.22. The van der Waals surface area contributed by atoms with E-state index in [0.717, 1.165) is 18.7 Å². The van der Waals surface area contributed by atoms with Gasteiger partial charge in [0.05, 0.1) is 17.7 Å². The lowest BCUT2D eigenvalue weighted by atomic mass is 10.1. The molecule has 1 aliphatic rings. The van der Waals surface area contributed by atoms with Crippen molar-refractivity contribution in [3.8, 4) is 0 Å². The van der Waals surface area contributed by atoms with Crippen molar-refractivity contribution in [3.63, 3.8) is 0 Å². The van der Waals surface area contributed by atoms with Crippen LogP contribution in [0.15, 0.2) is 10.9 Å². The van der Waals surface area contributed by atoms with Crippen LogP contribution in [0.4, 0.5) is 13.2 Å². The Bertz CT molecular complexity index is 353. The highest BCUT2D eigenvalue weighted by Gasteiger charge is 2.34. The average molecular weight is 279 g/mol. The number of rotatable bonds is 5. The van der Waals surface area contributed by atoms with Gasteiger partial charge in [0.25, 0.3) is 0 Å². The largest absolute Gasteiger partial charge is 0.401 e. The van der Waals surface area contributed by atoms with Crippen LogP contribution in [0, 0.1) is 5.92 Å². The van der Waals surface area contributed by atoms with Gasteiger partial charge < -0.3 is 5.32 Å². The molecular formula is C11H16F3N3S. The molecule has 18 heavy (non-hydrogen) atoms. The molecule has 2 heterocycles. The monoisotopic (exact) mass is 279 g/mol. The van der Waals surface area contributed by atoms with Crippen molar-refractivity contribution in [2.75, 3.05) is 26.2 Å². The minimum atomic E-state index is -4.08. The van der Waals surface area contributed by atoms with Crippen LogP contribution in [-0.4, -0.2) is 42.2 Å². The van der Waals surface area contributed by atoms with Gasteiger partial charge in [0.2, 0.25) is 0 Å². The van der Waals surface area contributed by atoms with Gasteiger partial charge in [0.1, 0.15) is 0 Å². The number of hydrogen-bond acceptors (Lipinski definition) is 4. The van der Waals surface area contributed by atoms with Gasteiger partial charge in [-0.25, -0.2) is 4.98 Å². The third-order valence-electron chi connectivity index (χ3n) is 3.00. The molecule has 1 N–H and O–H groups in total. The van der Waals surface area contributed by atoms with Gasteiger partial charge in [-0.1, -0.05) is 0 Å². The molecule has 0 spiro atoms. The van der Waals surface area contributed by atoms with Gasteiger partial charge in [-0.3, -0.25) is 4.90 Å². The first-order chi connectivity index (χ1) is 8.53. The molecule has 2 rings (SSSR count). The molecule has 1 fully saturated rings. The van der Waals surface area contributed by atoms with Crippen molar-refractivity contribution >= 4 is 11.3 Å². The van der Waals surface area contributed by atoms with E-state index in [0.29, 0.717) is 25.6 Å². The first kappa shape index (κ1) is 13.8. The van der Waals surface area contributed by atoms with Gasteiger partial charge in [-0.15, -0.1) is 11.3 Å². The highest BCUT2D eigenvalue weighted by molar-refractivity contribution is 7.07. The van der Waals surface area contributed by atoms with Crippen LogP contribution in [0.1, 0.15) is 12.1 Å². The fourth-order valence-corrected chi connectivity index (χ4v) is 2.76. The van der Waals surface area contributed by atoms with Crippen LogP contribution in [0.5, 0.6) is 0 Å². The summed E-state index contributed by atoms with van der Waals surface area (Å²) >= 11 is 1.54. The van der Waals surface area contributed by atoms with Crippen LogP contribution in [0.25, 0.3) is 0 Å². The van der Waals surface area contributed by atoms with Gasteiger partial charge in [0, 0.05) is 18.5 Å². The van der Waals surface area contributed by atoms with Crippen molar-refractivity contribution in [3.05, 3.63) is 16.6 Å². The number of hydrogen-bond donors (Lipinski definition) is 1. The van der Waals surface area contributed by atoms with Crippen LogP contribution >= 0.6 is 11.3 Å². The fourth-order valence-electron chi connectivity index (χ4n) is 2.21. The Labute approximate surface area is 108 Å². The van der Waals surface area contributed by atoms with Gasteiger partial charge >= 0.3 is 6.18 Å². The Morgan fingerprint density at radius 3 is 3.00 bits per heavy atom. The molecule has 0 aliphatic carbocycles. The molecule has 1 aromatic rings. The summed E-state index contributed by atoms with van der Waals surface area (Å²) in [6, 6.07) is 0. The minimum Gasteiger partial charge on any atom is -0.311 e. The fraction of sp³-hybridized carbons (Fsp3) is 0.727. The third-order valence-corrected chi connectivity index (χ3v) is 3.63. The summed E-state index contributed by atoms with van der Waals surface area (Å²) < 4.78 is 36.6. The summed E-state index contributed by atoms with van der Waals surface area (Å²) in [6.07, 6.45) is -3.25. The highest BCUT2D eigenvalue weighted by Crippen LogP contribution is 2.22. The minimum absolute atomic E-state index is 0.311. The lowest BCUT2D eigenvalue weighted by molar-refractivity contribution is -0.143. The maximum Gasteiger partial charge on any atom is 0.401 e. The second-order valence-electron chi connectivity index (χ2n) is 4.62. The van der Waals surface area contributed by atoms with E-state index >= 15 is 0 Å². The number of halogens is 3. The Balaban J connectivity index is 1.64. The van der Waals surface area contributed by atoms with Gasteiger partial charge in [-0.05, 0) is 25.4 Å². The molecule has 102 valence electrons.